The van der Waals surface area contributed by atoms with Crippen LogP contribution in [0, 0.1) is 5.41 Å². The SMILES string of the molecule is CC(C)(C)CC(C)(C)c1ccc(OCCOCC[N+](C)(C)Cc2ccccc2)cc1.[Cl-].[H-].[Na+]. The summed E-state index contributed by atoms with van der Waals surface area (Å²) in [6.45, 7) is 15.5. The van der Waals surface area contributed by atoms with Crippen molar-refractivity contribution >= 4 is 0 Å². The van der Waals surface area contributed by atoms with E-state index in [-0.39, 0.29) is 48.8 Å². The van der Waals surface area contributed by atoms with Crippen LogP contribution in [0.25, 0.3) is 0 Å². The van der Waals surface area contributed by atoms with Gasteiger partial charge in [0.1, 0.15) is 25.4 Å². The van der Waals surface area contributed by atoms with Gasteiger partial charge < -0.3 is 27.8 Å². The van der Waals surface area contributed by atoms with Gasteiger partial charge >= 0.3 is 29.6 Å². The predicted molar refractivity (Wildman–Crippen MR) is 128 cm³/mol. The fraction of sp³-hybridized carbons (Fsp3) is 0.556. The number of nitrogens with zero attached hydrogens (tertiary/aromatic N) is 1. The maximum absolute atomic E-state index is 5.87. The molecule has 0 amide bonds. The monoisotopic (exact) mass is 471 g/mol. The van der Waals surface area contributed by atoms with E-state index < -0.39 is 0 Å². The van der Waals surface area contributed by atoms with E-state index in [1.54, 1.807) is 0 Å². The number of quaternary nitrogens is 1. The van der Waals surface area contributed by atoms with Gasteiger partial charge in [-0.1, -0.05) is 77.1 Å². The van der Waals surface area contributed by atoms with E-state index in [4.69, 9.17) is 9.47 Å². The first-order chi connectivity index (χ1) is 14.0. The van der Waals surface area contributed by atoms with Crippen molar-refractivity contribution in [3.05, 3.63) is 65.7 Å². The summed E-state index contributed by atoms with van der Waals surface area (Å²) in [6.07, 6.45) is 1.15. The molecule has 2 aromatic rings. The Morgan fingerprint density at radius 1 is 0.812 bits per heavy atom. The van der Waals surface area contributed by atoms with Gasteiger partial charge in [0.25, 0.3) is 0 Å². The zero-order valence-corrected chi connectivity index (χ0v) is 24.3. The van der Waals surface area contributed by atoms with E-state index in [1.165, 1.54) is 11.1 Å². The maximum Gasteiger partial charge on any atom is 1.00 e. The smallest absolute Gasteiger partial charge is 1.00 e. The minimum atomic E-state index is 0. The molecule has 3 nitrogen and oxygen atoms in total. The Morgan fingerprint density at radius 3 is 1.97 bits per heavy atom. The summed E-state index contributed by atoms with van der Waals surface area (Å²) < 4.78 is 12.6. The summed E-state index contributed by atoms with van der Waals surface area (Å²) in [4.78, 5) is 0. The molecule has 0 aliphatic carbocycles. The maximum atomic E-state index is 5.87. The quantitative estimate of drug-likeness (QED) is 0.265. The van der Waals surface area contributed by atoms with Crippen LogP contribution < -0.4 is 46.7 Å². The van der Waals surface area contributed by atoms with Gasteiger partial charge in [-0.15, -0.1) is 0 Å². The molecule has 5 heteroatoms. The van der Waals surface area contributed by atoms with Crippen LogP contribution in [0.4, 0.5) is 0 Å². The summed E-state index contributed by atoms with van der Waals surface area (Å²) in [5.41, 5.74) is 3.19. The summed E-state index contributed by atoms with van der Waals surface area (Å²) >= 11 is 0. The first-order valence-corrected chi connectivity index (χ1v) is 11.1. The second-order valence-electron chi connectivity index (χ2n) is 10.9. The Labute approximate surface area is 226 Å². The predicted octanol–water partition coefficient (Wildman–Crippen LogP) is 0.193. The average Bonchev–Trinajstić information content (AvgIpc) is 2.63. The van der Waals surface area contributed by atoms with Gasteiger partial charge in [0.05, 0.1) is 27.3 Å². The molecule has 2 rings (SSSR count). The van der Waals surface area contributed by atoms with Gasteiger partial charge in [-0.3, -0.25) is 0 Å². The molecule has 2 aromatic carbocycles. The number of rotatable bonds is 11. The Bertz CT molecular complexity index is 762. The molecule has 0 aromatic heterocycles. The molecule has 176 valence electrons. The van der Waals surface area contributed by atoms with Crippen molar-refractivity contribution in [1.82, 2.24) is 0 Å². The summed E-state index contributed by atoms with van der Waals surface area (Å²) in [7, 11) is 4.49. The molecular formula is C27H43ClNNaO2. The Balaban J connectivity index is 0. The number of ether oxygens (including phenoxy) is 2. The van der Waals surface area contributed by atoms with Crippen molar-refractivity contribution in [1.29, 1.82) is 0 Å². The molecule has 0 saturated heterocycles. The fourth-order valence-electron chi connectivity index (χ4n) is 4.22. The summed E-state index contributed by atoms with van der Waals surface area (Å²) in [5.74, 6) is 0.911. The second kappa shape index (κ2) is 14.0. The zero-order valence-electron chi connectivity index (χ0n) is 22.6. The second-order valence-corrected chi connectivity index (χ2v) is 10.9. The molecule has 0 aliphatic rings. The van der Waals surface area contributed by atoms with Crippen molar-refractivity contribution < 1.29 is 57.3 Å². The van der Waals surface area contributed by atoms with Crippen molar-refractivity contribution in [3.63, 3.8) is 0 Å². The minimum Gasteiger partial charge on any atom is -1.00 e. The molecule has 0 radical (unpaired) electrons. The van der Waals surface area contributed by atoms with Gasteiger partial charge in [0.2, 0.25) is 0 Å². The van der Waals surface area contributed by atoms with Crippen LogP contribution in [-0.2, 0) is 16.7 Å². The molecule has 0 unspecified atom stereocenters. The van der Waals surface area contributed by atoms with Crippen LogP contribution in [0.2, 0.25) is 0 Å². The van der Waals surface area contributed by atoms with Crippen LogP contribution in [0.1, 0.15) is 53.6 Å². The molecule has 0 saturated carbocycles. The van der Waals surface area contributed by atoms with Gasteiger partial charge in [-0.25, -0.2) is 0 Å². The van der Waals surface area contributed by atoms with Crippen LogP contribution in [0.5, 0.6) is 5.75 Å². The van der Waals surface area contributed by atoms with Gasteiger partial charge in [0, 0.05) is 5.56 Å². The molecule has 0 spiro atoms. The number of hydrogen-bond acceptors (Lipinski definition) is 2. The molecule has 0 atom stereocenters. The normalized spacial score (nSPS) is 12.0. The topological polar surface area (TPSA) is 18.5 Å². The van der Waals surface area contributed by atoms with E-state index >= 15 is 0 Å². The molecule has 0 aliphatic heterocycles. The third-order valence-electron chi connectivity index (χ3n) is 5.40. The number of benzene rings is 2. The minimum absolute atomic E-state index is 0. The van der Waals surface area contributed by atoms with Crippen LogP contribution >= 0.6 is 0 Å². The largest absolute Gasteiger partial charge is 1.00 e. The number of halogens is 1. The first-order valence-electron chi connectivity index (χ1n) is 11.1. The fourth-order valence-corrected chi connectivity index (χ4v) is 4.22. The number of hydrogen-bond donors (Lipinski definition) is 0. The van der Waals surface area contributed by atoms with E-state index in [1.807, 2.05) is 0 Å². The first kappa shape index (κ1) is 31.4. The van der Waals surface area contributed by atoms with Crippen molar-refractivity contribution in [2.45, 2.75) is 53.0 Å². The van der Waals surface area contributed by atoms with Gasteiger partial charge in [-0.05, 0) is 34.9 Å². The standard InChI is InChI=1S/C27H42NO2.ClH.Na.H/c1-26(2,3)22-27(4,5)24-13-15-25(16-14-24)30-20-19-29-18-17-28(6,7)21-23-11-9-8-10-12-23;;;/h8-16H,17-22H2,1-7H3;1H;;/q+1;;+1;-1/p-1. The van der Waals surface area contributed by atoms with Crippen molar-refractivity contribution in [2.24, 2.45) is 5.41 Å². The van der Waals surface area contributed by atoms with Crippen molar-refractivity contribution in [3.8, 4) is 5.75 Å². The Hall–Kier alpha value is -0.550. The summed E-state index contributed by atoms with van der Waals surface area (Å²) in [5, 5.41) is 0. The molecule has 0 fully saturated rings. The van der Waals surface area contributed by atoms with Crippen LogP contribution in [0.15, 0.2) is 54.6 Å². The van der Waals surface area contributed by atoms with Crippen LogP contribution in [0.3, 0.4) is 0 Å². The Kier molecular flexibility index (Phi) is 13.7. The average molecular weight is 472 g/mol. The third-order valence-corrected chi connectivity index (χ3v) is 5.40. The molecule has 32 heavy (non-hydrogen) atoms. The van der Waals surface area contributed by atoms with Gasteiger partial charge in [0.15, 0.2) is 0 Å². The summed E-state index contributed by atoms with van der Waals surface area (Å²) in [6, 6.07) is 19.2. The van der Waals surface area contributed by atoms with E-state index in [2.05, 4.69) is 103 Å². The molecular weight excluding hydrogens is 429 g/mol. The van der Waals surface area contributed by atoms with E-state index in [0.717, 1.165) is 36.3 Å². The molecule has 0 heterocycles. The number of likely N-dealkylation sites (N-methyl/N-ethyl adjacent to an activating group) is 1. The van der Waals surface area contributed by atoms with Gasteiger partial charge in [-0.2, -0.15) is 0 Å². The van der Waals surface area contributed by atoms with E-state index in [9.17, 15) is 0 Å². The van der Waals surface area contributed by atoms with Crippen molar-refractivity contribution in [2.75, 3.05) is 40.5 Å². The Morgan fingerprint density at radius 2 is 1.41 bits per heavy atom. The molecule has 0 N–H and O–H groups in total. The van der Waals surface area contributed by atoms with E-state index in [0.29, 0.717) is 18.6 Å². The third kappa shape index (κ3) is 12.1. The molecule has 0 bridgehead atoms. The van der Waals surface area contributed by atoms with Crippen LogP contribution in [-0.4, -0.2) is 44.9 Å². The zero-order chi connectivity index (χ0) is 22.3.